The van der Waals surface area contributed by atoms with Crippen molar-refractivity contribution >= 4 is 31.3 Å². The van der Waals surface area contributed by atoms with Crippen molar-refractivity contribution in [1.82, 2.24) is 0 Å². The zero-order valence-corrected chi connectivity index (χ0v) is 14.2. The molecule has 0 aliphatic carbocycles. The van der Waals surface area contributed by atoms with Gasteiger partial charge >= 0.3 is 31.3 Å². The van der Waals surface area contributed by atoms with E-state index in [0.717, 1.165) is 5.56 Å². The van der Waals surface area contributed by atoms with Crippen LogP contribution in [-0.4, -0.2) is 5.11 Å². The van der Waals surface area contributed by atoms with E-state index in [4.69, 9.17) is 5.11 Å². The van der Waals surface area contributed by atoms with Crippen LogP contribution >= 0.6 is 31.3 Å². The molecule has 15 heteroatoms. The van der Waals surface area contributed by atoms with Crippen LogP contribution in [0.15, 0.2) is 24.3 Å². The second-order valence-electron chi connectivity index (χ2n) is 4.12. The van der Waals surface area contributed by atoms with E-state index in [2.05, 4.69) is 25.9 Å². The normalized spacial score (nSPS) is 45.1. The Kier molecular flexibility index (Phi) is 3.84. The maximum Gasteiger partial charge on any atom is 0.501 e. The highest BCUT2D eigenvalue weighted by atomic mass is 31.4. The van der Waals surface area contributed by atoms with Gasteiger partial charge in [0.2, 0.25) is 0 Å². The molecule has 4 heterocycles. The monoisotopic (exact) mass is 392 g/mol. The molecule has 1 N–H and O–H groups in total. The first kappa shape index (κ1) is 16.6. The zero-order valence-electron chi connectivity index (χ0n) is 10.6. The van der Waals surface area contributed by atoms with Gasteiger partial charge in [0.05, 0.1) is 0 Å². The van der Waals surface area contributed by atoms with Crippen LogP contribution in [0.2, 0.25) is 0 Å². The van der Waals surface area contributed by atoms with E-state index in [9.17, 15) is 18.3 Å². The maximum atomic E-state index is 11.3. The van der Waals surface area contributed by atoms with Gasteiger partial charge in [-0.25, -0.2) is 18.3 Å². The van der Waals surface area contributed by atoms with Gasteiger partial charge in [0.1, 0.15) is 5.75 Å². The first-order valence-corrected chi connectivity index (χ1v) is 11.3. The molecule has 0 amide bonds. The van der Waals surface area contributed by atoms with Gasteiger partial charge in [0.15, 0.2) is 0 Å². The Balaban J connectivity index is 0.000000154. The summed E-state index contributed by atoms with van der Waals surface area (Å²) in [5.41, 5.74) is 1.09. The summed E-state index contributed by atoms with van der Waals surface area (Å²) < 4.78 is 69.9. The fraction of sp³-hybridized carbons (Fsp3) is 0.143. The van der Waals surface area contributed by atoms with E-state index in [-0.39, 0.29) is 0 Å². The predicted molar refractivity (Wildman–Crippen MR) is 69.8 cm³/mol. The Bertz CT molecular complexity index is 647. The molecule has 4 fully saturated rings. The van der Waals surface area contributed by atoms with Crippen LogP contribution in [0.4, 0.5) is 0 Å². The van der Waals surface area contributed by atoms with Crippen LogP contribution in [-0.2, 0) is 44.1 Å². The standard InChI is InChI=1S/C7H8O.O10P4/c1-6-3-2-4-7(8)5-6;1-11-5-12(2)8-13(3,6-11)10-14(4,7-11)9-12/h2-5,8H,1H3;. The number of phosphoric acid groups is 4. The average Bonchev–Trinajstić information content (AvgIpc) is 2.19. The second-order valence-corrected chi connectivity index (χ2v) is 11.6. The van der Waals surface area contributed by atoms with Crippen molar-refractivity contribution in [3.05, 3.63) is 29.8 Å². The van der Waals surface area contributed by atoms with Gasteiger partial charge in [-0.3, -0.25) is 0 Å². The van der Waals surface area contributed by atoms with E-state index in [1.54, 1.807) is 12.1 Å². The third-order valence-corrected chi connectivity index (χ3v) is 11.8. The molecule has 0 radical (unpaired) electrons. The third kappa shape index (κ3) is 3.30. The van der Waals surface area contributed by atoms with Crippen LogP contribution in [0.25, 0.3) is 0 Å². The number of phenols is 1. The van der Waals surface area contributed by atoms with Crippen LogP contribution in [0.1, 0.15) is 5.56 Å². The minimum Gasteiger partial charge on any atom is -0.508 e. The fourth-order valence-electron chi connectivity index (χ4n) is 1.54. The first-order valence-electron chi connectivity index (χ1n) is 5.47. The first-order chi connectivity index (χ1) is 10.0. The lowest BCUT2D eigenvalue weighted by molar-refractivity contribution is 0.0910. The number of benzene rings is 1. The average molecular weight is 392 g/mol. The fourth-order valence-corrected chi connectivity index (χ4v) is 12.1. The molecule has 0 saturated carbocycles. The van der Waals surface area contributed by atoms with Crippen molar-refractivity contribution in [2.24, 2.45) is 0 Å². The van der Waals surface area contributed by atoms with E-state index < -0.39 is 31.3 Å². The van der Waals surface area contributed by atoms with E-state index in [1.807, 2.05) is 19.1 Å². The molecule has 5 rings (SSSR count). The van der Waals surface area contributed by atoms with Gasteiger partial charge in [-0.05, 0) is 24.6 Å². The predicted octanol–water partition coefficient (Wildman–Crippen LogP) is 4.26. The van der Waals surface area contributed by atoms with Gasteiger partial charge < -0.3 is 5.11 Å². The Morgan fingerprint density at radius 3 is 1.36 bits per heavy atom. The zero-order chi connectivity index (χ0) is 16.2. The van der Waals surface area contributed by atoms with Crippen molar-refractivity contribution in [2.75, 3.05) is 0 Å². The largest absolute Gasteiger partial charge is 0.508 e. The molecule has 0 spiro atoms. The topological polar surface area (TPSA) is 144 Å². The molecular weight excluding hydrogens is 384 g/mol. The Hall–Kier alpha value is -0.300. The summed E-state index contributed by atoms with van der Waals surface area (Å²) in [5.74, 6) is 0.338. The van der Waals surface area contributed by atoms with Crippen molar-refractivity contribution in [1.29, 1.82) is 0 Å². The van der Waals surface area contributed by atoms with Crippen LogP contribution < -0.4 is 0 Å². The lowest BCUT2D eigenvalue weighted by atomic mass is 10.2. The van der Waals surface area contributed by atoms with Gasteiger partial charge in [0, 0.05) is 0 Å². The quantitative estimate of drug-likeness (QED) is 0.632. The summed E-state index contributed by atoms with van der Waals surface area (Å²) in [6.07, 6.45) is 0. The van der Waals surface area contributed by atoms with E-state index in [1.165, 1.54) is 0 Å². The number of phenolic OH excluding ortho intramolecular Hbond substituents is 1. The summed E-state index contributed by atoms with van der Waals surface area (Å²) in [4.78, 5) is 0. The van der Waals surface area contributed by atoms with Crippen LogP contribution in [0.5, 0.6) is 5.75 Å². The molecule has 4 bridgehead atoms. The summed E-state index contributed by atoms with van der Waals surface area (Å²) in [5, 5.41) is 8.81. The van der Waals surface area contributed by atoms with Crippen LogP contribution in [0, 0.1) is 6.92 Å². The number of aryl methyl sites for hydroxylation is 1. The molecule has 22 heavy (non-hydrogen) atoms. The Labute approximate surface area is 123 Å². The summed E-state index contributed by atoms with van der Waals surface area (Å²) >= 11 is 0. The molecule has 11 nitrogen and oxygen atoms in total. The number of hydrogen-bond donors (Lipinski definition) is 1. The molecule has 1 aromatic rings. The number of rotatable bonds is 0. The highest BCUT2D eigenvalue weighted by Gasteiger charge is 2.74. The molecule has 122 valence electrons. The molecule has 4 aliphatic heterocycles. The van der Waals surface area contributed by atoms with Crippen molar-refractivity contribution in [2.45, 2.75) is 6.92 Å². The highest BCUT2D eigenvalue weighted by Crippen LogP contribution is 2.99. The van der Waals surface area contributed by atoms with Crippen molar-refractivity contribution < 1.29 is 49.2 Å². The van der Waals surface area contributed by atoms with E-state index >= 15 is 0 Å². The molecule has 1 aromatic carbocycles. The second kappa shape index (κ2) is 5.10. The smallest absolute Gasteiger partial charge is 0.501 e. The lowest BCUT2D eigenvalue weighted by Gasteiger charge is -2.41. The van der Waals surface area contributed by atoms with Gasteiger partial charge in [-0.2, -0.15) is 25.9 Å². The Morgan fingerprint density at radius 2 is 1.14 bits per heavy atom. The molecule has 0 aromatic heterocycles. The third-order valence-electron chi connectivity index (χ3n) is 2.20. The Morgan fingerprint density at radius 1 is 0.773 bits per heavy atom. The van der Waals surface area contributed by atoms with Crippen molar-refractivity contribution in [3.63, 3.8) is 0 Å². The SMILES string of the molecule is Cc1cccc(O)c1.O=P12OP3(=O)OP(=O)(O1)OP(=O)(O2)O3. The van der Waals surface area contributed by atoms with Crippen molar-refractivity contribution in [3.8, 4) is 5.75 Å². The highest BCUT2D eigenvalue weighted by molar-refractivity contribution is 7.88. The minimum atomic E-state index is -4.43. The molecular formula is C7H8O11P4. The molecule has 0 atom stereocenters. The summed E-state index contributed by atoms with van der Waals surface area (Å²) in [6, 6.07) is 7.15. The number of hydrogen-bond acceptors (Lipinski definition) is 11. The van der Waals surface area contributed by atoms with E-state index in [0.29, 0.717) is 5.75 Å². The molecule has 4 saturated heterocycles. The number of aromatic hydroxyl groups is 1. The lowest BCUT2D eigenvalue weighted by Crippen LogP contribution is -2.19. The molecule has 4 aliphatic rings. The van der Waals surface area contributed by atoms with Gasteiger partial charge in [-0.1, -0.05) is 12.1 Å². The van der Waals surface area contributed by atoms with Gasteiger partial charge in [-0.15, -0.1) is 0 Å². The van der Waals surface area contributed by atoms with Crippen LogP contribution in [0.3, 0.4) is 0 Å². The maximum absolute atomic E-state index is 11.3. The van der Waals surface area contributed by atoms with Gasteiger partial charge in [0.25, 0.3) is 0 Å². The minimum absolute atomic E-state index is 0.338. The summed E-state index contributed by atoms with van der Waals surface area (Å²) in [7, 11) is -17.7. The summed E-state index contributed by atoms with van der Waals surface area (Å²) in [6.45, 7) is 1.94. The molecule has 0 unspecified atom stereocenters.